The van der Waals surface area contributed by atoms with Crippen molar-refractivity contribution in [3.05, 3.63) is 35.9 Å². The van der Waals surface area contributed by atoms with Gasteiger partial charge in [0.05, 0.1) is 13.7 Å². The molecule has 0 aliphatic carbocycles. The van der Waals surface area contributed by atoms with Crippen LogP contribution in [0, 0.1) is 5.92 Å². The first-order valence-electron chi connectivity index (χ1n) is 8.39. The second kappa shape index (κ2) is 11.1. The number of methoxy groups -OCH3 is 1. The Balaban J connectivity index is 2.60. The van der Waals surface area contributed by atoms with Crippen LogP contribution in [0.4, 0.5) is 4.79 Å². The molecule has 0 aromatic heterocycles. The highest BCUT2D eigenvalue weighted by Crippen LogP contribution is 2.09. The van der Waals surface area contributed by atoms with Gasteiger partial charge in [-0.3, -0.25) is 4.79 Å². The maximum atomic E-state index is 12.3. The zero-order valence-corrected chi connectivity index (χ0v) is 15.2. The third kappa shape index (κ3) is 6.72. The number of alkyl carbamates (subject to hydrolysis) is 1. The summed E-state index contributed by atoms with van der Waals surface area (Å²) in [6.45, 7) is 3.05. The van der Waals surface area contributed by atoms with Crippen LogP contribution in [0.2, 0.25) is 0 Å². The molecular formula is C18H26N2O6. The molecule has 0 fully saturated rings. The Kier molecular flexibility index (Phi) is 9.14. The number of carbonyl (C=O) groups is 3. The number of hydrogen-bond acceptors (Lipinski definition) is 6. The highest BCUT2D eigenvalue weighted by Gasteiger charge is 2.30. The Labute approximate surface area is 152 Å². The molecule has 2 amide bonds. The minimum Gasteiger partial charge on any atom is -0.467 e. The first-order chi connectivity index (χ1) is 12.4. The molecule has 0 heterocycles. The molecule has 3 atom stereocenters. The lowest BCUT2D eigenvalue weighted by atomic mass is 9.99. The Bertz CT molecular complexity index is 593. The summed E-state index contributed by atoms with van der Waals surface area (Å²) in [6, 6.07) is 6.92. The van der Waals surface area contributed by atoms with Crippen LogP contribution in [0.15, 0.2) is 30.3 Å². The Morgan fingerprint density at radius 3 is 2.35 bits per heavy atom. The Hall–Kier alpha value is -2.61. The Morgan fingerprint density at radius 1 is 1.15 bits per heavy atom. The van der Waals surface area contributed by atoms with Crippen molar-refractivity contribution < 1.29 is 29.0 Å². The lowest BCUT2D eigenvalue weighted by Crippen LogP contribution is -2.55. The molecule has 1 rings (SSSR count). The highest BCUT2D eigenvalue weighted by atomic mass is 16.5. The standard InChI is InChI=1S/C18H26N2O6/c1-4-12(2)15(17(23)25-3)20-16(22)14(10-21)19-18(24)26-11-13-8-6-5-7-9-13/h5-9,12,14-15,21H,4,10-11H2,1-3H3,(H,19,24)(H,20,22)/t12-,14-,15+/m0/s1. The first-order valence-corrected chi connectivity index (χ1v) is 8.39. The highest BCUT2D eigenvalue weighted by molar-refractivity contribution is 5.89. The van der Waals surface area contributed by atoms with Crippen molar-refractivity contribution >= 4 is 18.0 Å². The number of ether oxygens (including phenoxy) is 2. The molecule has 3 N–H and O–H groups in total. The van der Waals surface area contributed by atoms with Crippen LogP contribution in [-0.4, -0.2) is 48.9 Å². The van der Waals surface area contributed by atoms with Gasteiger partial charge in [-0.15, -0.1) is 0 Å². The van der Waals surface area contributed by atoms with E-state index in [4.69, 9.17) is 9.47 Å². The van der Waals surface area contributed by atoms with Crippen molar-refractivity contribution in [2.75, 3.05) is 13.7 Å². The number of rotatable bonds is 9. The molecule has 0 saturated carbocycles. The molecule has 0 spiro atoms. The molecule has 0 aliphatic heterocycles. The van der Waals surface area contributed by atoms with E-state index in [0.29, 0.717) is 6.42 Å². The van der Waals surface area contributed by atoms with E-state index in [2.05, 4.69) is 10.6 Å². The Morgan fingerprint density at radius 2 is 1.81 bits per heavy atom. The van der Waals surface area contributed by atoms with Crippen molar-refractivity contribution in [3.63, 3.8) is 0 Å². The van der Waals surface area contributed by atoms with Gasteiger partial charge in [-0.05, 0) is 11.5 Å². The molecule has 144 valence electrons. The fourth-order valence-corrected chi connectivity index (χ4v) is 2.15. The molecule has 1 aromatic rings. The van der Waals surface area contributed by atoms with Gasteiger partial charge in [-0.1, -0.05) is 50.6 Å². The lowest BCUT2D eigenvalue weighted by Gasteiger charge is -2.24. The number of nitrogens with one attached hydrogen (secondary N) is 2. The smallest absolute Gasteiger partial charge is 0.408 e. The van der Waals surface area contributed by atoms with E-state index in [-0.39, 0.29) is 12.5 Å². The number of hydrogen-bond donors (Lipinski definition) is 3. The fraction of sp³-hybridized carbons (Fsp3) is 0.500. The van der Waals surface area contributed by atoms with Gasteiger partial charge in [0.25, 0.3) is 0 Å². The van der Waals surface area contributed by atoms with E-state index < -0.39 is 36.7 Å². The SMILES string of the molecule is CC[C@H](C)[C@@H](NC(=O)[C@H](CO)NC(=O)OCc1ccccc1)C(=O)OC. The second-order valence-corrected chi connectivity index (χ2v) is 5.84. The van der Waals surface area contributed by atoms with Crippen LogP contribution in [0.1, 0.15) is 25.8 Å². The van der Waals surface area contributed by atoms with E-state index >= 15 is 0 Å². The number of aliphatic hydroxyl groups is 1. The molecule has 0 unspecified atom stereocenters. The quantitative estimate of drug-likeness (QED) is 0.561. The van der Waals surface area contributed by atoms with Gasteiger partial charge >= 0.3 is 12.1 Å². The van der Waals surface area contributed by atoms with E-state index in [9.17, 15) is 19.5 Å². The van der Waals surface area contributed by atoms with Gasteiger partial charge < -0.3 is 25.2 Å². The maximum absolute atomic E-state index is 12.3. The summed E-state index contributed by atoms with van der Waals surface area (Å²) in [5.41, 5.74) is 0.787. The molecule has 8 nitrogen and oxygen atoms in total. The summed E-state index contributed by atoms with van der Waals surface area (Å²) in [7, 11) is 1.23. The van der Waals surface area contributed by atoms with Gasteiger partial charge in [0.15, 0.2) is 0 Å². The predicted molar refractivity (Wildman–Crippen MR) is 94.0 cm³/mol. The summed E-state index contributed by atoms with van der Waals surface area (Å²) in [5, 5.41) is 14.2. The molecule has 1 aromatic carbocycles. The van der Waals surface area contributed by atoms with Gasteiger partial charge in [0, 0.05) is 0 Å². The average molecular weight is 366 g/mol. The van der Waals surface area contributed by atoms with Gasteiger partial charge in [-0.2, -0.15) is 0 Å². The average Bonchev–Trinajstić information content (AvgIpc) is 2.67. The molecule has 0 bridgehead atoms. The van der Waals surface area contributed by atoms with E-state index in [1.54, 1.807) is 19.1 Å². The minimum absolute atomic E-state index is 0.0318. The number of amides is 2. The fourth-order valence-electron chi connectivity index (χ4n) is 2.15. The number of carbonyl (C=O) groups excluding carboxylic acids is 3. The topological polar surface area (TPSA) is 114 Å². The molecule has 26 heavy (non-hydrogen) atoms. The normalized spacial score (nSPS) is 13.8. The van der Waals surface area contributed by atoms with Crippen molar-refractivity contribution in [1.82, 2.24) is 10.6 Å². The molecule has 8 heteroatoms. The van der Waals surface area contributed by atoms with Crippen molar-refractivity contribution in [2.24, 2.45) is 5.92 Å². The molecule has 0 saturated heterocycles. The van der Waals surface area contributed by atoms with Crippen molar-refractivity contribution in [1.29, 1.82) is 0 Å². The number of aliphatic hydroxyl groups excluding tert-OH is 1. The minimum atomic E-state index is -1.24. The molecule has 0 radical (unpaired) electrons. The third-order valence-electron chi connectivity index (χ3n) is 3.97. The summed E-state index contributed by atoms with van der Waals surface area (Å²) >= 11 is 0. The van der Waals surface area contributed by atoms with Crippen molar-refractivity contribution in [2.45, 2.75) is 39.0 Å². The van der Waals surface area contributed by atoms with Crippen LogP contribution in [-0.2, 0) is 25.7 Å². The lowest BCUT2D eigenvalue weighted by molar-refractivity contribution is -0.147. The summed E-state index contributed by atoms with van der Waals surface area (Å²) < 4.78 is 9.71. The number of benzene rings is 1. The first kappa shape index (κ1) is 21.4. The third-order valence-corrected chi connectivity index (χ3v) is 3.97. The monoisotopic (exact) mass is 366 g/mol. The van der Waals surface area contributed by atoms with E-state index in [0.717, 1.165) is 5.56 Å². The summed E-state index contributed by atoms with van der Waals surface area (Å²) in [6.07, 6.45) is -0.211. The molecular weight excluding hydrogens is 340 g/mol. The molecule has 0 aliphatic rings. The van der Waals surface area contributed by atoms with E-state index in [1.165, 1.54) is 7.11 Å². The second-order valence-electron chi connectivity index (χ2n) is 5.84. The predicted octanol–water partition coefficient (Wildman–Crippen LogP) is 0.978. The van der Waals surface area contributed by atoms with Gasteiger partial charge in [-0.25, -0.2) is 9.59 Å². The number of esters is 1. The van der Waals surface area contributed by atoms with Crippen LogP contribution >= 0.6 is 0 Å². The zero-order chi connectivity index (χ0) is 19.5. The largest absolute Gasteiger partial charge is 0.467 e. The zero-order valence-electron chi connectivity index (χ0n) is 15.2. The van der Waals surface area contributed by atoms with Gasteiger partial charge in [0.2, 0.25) is 5.91 Å². The van der Waals surface area contributed by atoms with Crippen molar-refractivity contribution in [3.8, 4) is 0 Å². The van der Waals surface area contributed by atoms with Crippen LogP contribution in [0.25, 0.3) is 0 Å². The van der Waals surface area contributed by atoms with Gasteiger partial charge in [0.1, 0.15) is 18.7 Å². The summed E-state index contributed by atoms with van der Waals surface area (Å²) in [5.74, 6) is -1.45. The maximum Gasteiger partial charge on any atom is 0.408 e. The van der Waals surface area contributed by atoms with Crippen LogP contribution in [0.3, 0.4) is 0 Å². The summed E-state index contributed by atoms with van der Waals surface area (Å²) in [4.78, 5) is 36.0. The van der Waals surface area contributed by atoms with Crippen LogP contribution in [0.5, 0.6) is 0 Å². The van der Waals surface area contributed by atoms with E-state index in [1.807, 2.05) is 25.1 Å². The van der Waals surface area contributed by atoms with Crippen LogP contribution < -0.4 is 10.6 Å².